The van der Waals surface area contributed by atoms with Crippen molar-refractivity contribution in [1.82, 2.24) is 10.2 Å². The summed E-state index contributed by atoms with van der Waals surface area (Å²) in [5.41, 5.74) is 3.99. The van der Waals surface area contributed by atoms with E-state index in [0.29, 0.717) is 12.0 Å². The van der Waals surface area contributed by atoms with Crippen LogP contribution in [-0.2, 0) is 0 Å². The zero-order valence-electron chi connectivity index (χ0n) is 12.8. The molecule has 2 rings (SSSR count). The minimum atomic E-state index is 0.486. The van der Waals surface area contributed by atoms with Gasteiger partial charge in [0.15, 0.2) is 0 Å². The Morgan fingerprint density at radius 3 is 2.53 bits per heavy atom. The first kappa shape index (κ1) is 14.4. The summed E-state index contributed by atoms with van der Waals surface area (Å²) in [6.45, 7) is 6.58. The Labute approximate surface area is 116 Å². The summed E-state index contributed by atoms with van der Waals surface area (Å²) in [6, 6.07) is 4.96. The van der Waals surface area contributed by atoms with Crippen LogP contribution in [-0.4, -0.2) is 39.2 Å². The lowest BCUT2D eigenvalue weighted by Gasteiger charge is -2.31. The van der Waals surface area contributed by atoms with Crippen LogP contribution in [0.15, 0.2) is 12.1 Å². The van der Waals surface area contributed by atoms with Crippen LogP contribution in [0, 0.1) is 19.8 Å². The molecule has 106 valence electrons. The Hall–Kier alpha value is -1.06. The second-order valence-corrected chi connectivity index (χ2v) is 5.84. The molecule has 1 aromatic carbocycles. The molecule has 2 atom stereocenters. The summed E-state index contributed by atoms with van der Waals surface area (Å²) >= 11 is 0. The summed E-state index contributed by atoms with van der Waals surface area (Å²) < 4.78 is 5.42. The van der Waals surface area contributed by atoms with Gasteiger partial charge in [-0.05, 0) is 76.1 Å². The van der Waals surface area contributed by atoms with Gasteiger partial charge in [-0.3, -0.25) is 0 Å². The molecular formula is C16H26N2O. The highest BCUT2D eigenvalue weighted by Gasteiger charge is 2.29. The van der Waals surface area contributed by atoms with Gasteiger partial charge in [-0.15, -0.1) is 0 Å². The Kier molecular flexibility index (Phi) is 4.48. The van der Waals surface area contributed by atoms with Crippen LogP contribution in [0.3, 0.4) is 0 Å². The smallest absolute Gasteiger partial charge is 0.122 e. The van der Waals surface area contributed by atoms with Gasteiger partial charge in [0.2, 0.25) is 0 Å². The normalized spacial score (nSPS) is 20.8. The van der Waals surface area contributed by atoms with Crippen molar-refractivity contribution >= 4 is 0 Å². The number of ether oxygens (including phenoxy) is 1. The van der Waals surface area contributed by atoms with Crippen LogP contribution in [0.4, 0.5) is 0 Å². The average molecular weight is 262 g/mol. The molecule has 0 radical (unpaired) electrons. The van der Waals surface area contributed by atoms with Gasteiger partial charge in [0.25, 0.3) is 0 Å². The molecule has 0 aliphatic carbocycles. The zero-order chi connectivity index (χ0) is 14.0. The zero-order valence-corrected chi connectivity index (χ0v) is 12.8. The first-order chi connectivity index (χ1) is 9.04. The molecule has 3 nitrogen and oxygen atoms in total. The van der Waals surface area contributed by atoms with Gasteiger partial charge in [0.05, 0.1) is 7.11 Å². The standard InChI is InChI=1S/C16H26N2O/c1-11-9-15(19-5)12(2)8-14(11)16(18(3)4)13-6-7-17-10-13/h8-9,13,16-17H,6-7,10H2,1-5H3. The quantitative estimate of drug-likeness (QED) is 0.902. The SMILES string of the molecule is COc1cc(C)c(C(C2CCNC2)N(C)C)cc1C. The molecule has 0 spiro atoms. The average Bonchev–Trinajstić information content (AvgIpc) is 2.86. The van der Waals surface area contributed by atoms with Crippen molar-refractivity contribution in [2.24, 2.45) is 5.92 Å². The summed E-state index contributed by atoms with van der Waals surface area (Å²) in [7, 11) is 6.11. The fourth-order valence-corrected chi connectivity index (χ4v) is 3.25. The molecule has 1 aliphatic rings. The van der Waals surface area contributed by atoms with Crippen LogP contribution in [0.2, 0.25) is 0 Å². The molecule has 1 aromatic rings. The third-order valence-electron chi connectivity index (χ3n) is 4.20. The highest BCUT2D eigenvalue weighted by atomic mass is 16.5. The second kappa shape index (κ2) is 5.93. The first-order valence-corrected chi connectivity index (χ1v) is 7.07. The van der Waals surface area contributed by atoms with Crippen LogP contribution in [0.25, 0.3) is 0 Å². The number of methoxy groups -OCH3 is 1. The van der Waals surface area contributed by atoms with Crippen molar-refractivity contribution in [2.75, 3.05) is 34.3 Å². The number of nitrogens with one attached hydrogen (secondary N) is 1. The van der Waals surface area contributed by atoms with Crippen molar-refractivity contribution < 1.29 is 4.74 Å². The van der Waals surface area contributed by atoms with Gasteiger partial charge >= 0.3 is 0 Å². The van der Waals surface area contributed by atoms with Gasteiger partial charge in [0, 0.05) is 6.04 Å². The predicted octanol–water partition coefficient (Wildman–Crippen LogP) is 2.52. The second-order valence-electron chi connectivity index (χ2n) is 5.84. The van der Waals surface area contributed by atoms with Gasteiger partial charge in [-0.25, -0.2) is 0 Å². The third-order valence-corrected chi connectivity index (χ3v) is 4.20. The van der Waals surface area contributed by atoms with Gasteiger partial charge in [-0.1, -0.05) is 6.07 Å². The van der Waals surface area contributed by atoms with E-state index in [1.54, 1.807) is 7.11 Å². The van der Waals surface area contributed by atoms with Gasteiger partial charge < -0.3 is 15.0 Å². The van der Waals surface area contributed by atoms with E-state index in [2.05, 4.69) is 50.3 Å². The maximum Gasteiger partial charge on any atom is 0.122 e. The van der Waals surface area contributed by atoms with Crippen LogP contribution >= 0.6 is 0 Å². The van der Waals surface area contributed by atoms with Crippen molar-refractivity contribution in [1.29, 1.82) is 0 Å². The molecule has 1 heterocycles. The van der Waals surface area contributed by atoms with E-state index in [-0.39, 0.29) is 0 Å². The van der Waals surface area contributed by atoms with Crippen molar-refractivity contribution in [3.8, 4) is 5.75 Å². The minimum Gasteiger partial charge on any atom is -0.496 e. The fraction of sp³-hybridized carbons (Fsp3) is 0.625. The molecule has 0 amide bonds. The summed E-state index contributed by atoms with van der Waals surface area (Å²) in [4.78, 5) is 2.35. The van der Waals surface area contributed by atoms with Crippen molar-refractivity contribution in [3.63, 3.8) is 0 Å². The molecule has 1 N–H and O–H groups in total. The number of hydrogen-bond acceptors (Lipinski definition) is 3. The summed E-state index contributed by atoms with van der Waals surface area (Å²) in [6.07, 6.45) is 1.26. The molecule has 2 unspecified atom stereocenters. The van der Waals surface area contributed by atoms with Crippen LogP contribution < -0.4 is 10.1 Å². The van der Waals surface area contributed by atoms with E-state index >= 15 is 0 Å². The molecule has 19 heavy (non-hydrogen) atoms. The monoisotopic (exact) mass is 262 g/mol. The van der Waals surface area contributed by atoms with Gasteiger partial charge in [-0.2, -0.15) is 0 Å². The Balaban J connectivity index is 2.38. The first-order valence-electron chi connectivity index (χ1n) is 7.07. The summed E-state index contributed by atoms with van der Waals surface area (Å²) in [5, 5.41) is 3.48. The van der Waals surface area contributed by atoms with E-state index < -0.39 is 0 Å². The Morgan fingerprint density at radius 2 is 2.00 bits per heavy atom. The molecule has 0 saturated carbocycles. The molecular weight excluding hydrogens is 236 g/mol. The maximum atomic E-state index is 5.42. The fourth-order valence-electron chi connectivity index (χ4n) is 3.25. The molecule has 1 fully saturated rings. The minimum absolute atomic E-state index is 0.486. The van der Waals surface area contributed by atoms with Crippen LogP contribution in [0.1, 0.15) is 29.2 Å². The topological polar surface area (TPSA) is 24.5 Å². The lowest BCUT2D eigenvalue weighted by atomic mass is 9.87. The predicted molar refractivity (Wildman–Crippen MR) is 79.9 cm³/mol. The van der Waals surface area contributed by atoms with E-state index in [1.165, 1.54) is 23.1 Å². The van der Waals surface area contributed by atoms with E-state index in [0.717, 1.165) is 18.8 Å². The van der Waals surface area contributed by atoms with Crippen molar-refractivity contribution in [3.05, 3.63) is 28.8 Å². The largest absolute Gasteiger partial charge is 0.496 e. The van der Waals surface area contributed by atoms with Gasteiger partial charge in [0.1, 0.15) is 5.75 Å². The van der Waals surface area contributed by atoms with Crippen LogP contribution in [0.5, 0.6) is 5.75 Å². The number of benzene rings is 1. The van der Waals surface area contributed by atoms with E-state index in [1.807, 2.05) is 0 Å². The van der Waals surface area contributed by atoms with Crippen molar-refractivity contribution in [2.45, 2.75) is 26.3 Å². The molecule has 1 aliphatic heterocycles. The molecule has 0 bridgehead atoms. The molecule has 1 saturated heterocycles. The highest BCUT2D eigenvalue weighted by molar-refractivity contribution is 5.43. The number of hydrogen-bond donors (Lipinski definition) is 1. The number of aryl methyl sites for hydroxylation is 2. The molecule has 0 aromatic heterocycles. The lowest BCUT2D eigenvalue weighted by molar-refractivity contribution is 0.222. The number of nitrogens with zero attached hydrogens (tertiary/aromatic N) is 1. The number of rotatable bonds is 4. The maximum absolute atomic E-state index is 5.42. The van der Waals surface area contributed by atoms with E-state index in [4.69, 9.17) is 4.74 Å². The Bertz CT molecular complexity index is 437. The third kappa shape index (κ3) is 2.93. The Morgan fingerprint density at radius 1 is 1.26 bits per heavy atom. The lowest BCUT2D eigenvalue weighted by Crippen LogP contribution is -2.29. The van der Waals surface area contributed by atoms with E-state index in [9.17, 15) is 0 Å². The molecule has 3 heteroatoms. The summed E-state index contributed by atoms with van der Waals surface area (Å²) in [5.74, 6) is 1.68. The highest BCUT2D eigenvalue weighted by Crippen LogP contribution is 2.35.